The molecule has 0 bridgehead atoms. The molecular weight excluding hydrogens is 504 g/mol. The molecule has 1 N–H and O–H groups in total. The molecule has 40 heavy (non-hydrogen) atoms. The highest BCUT2D eigenvalue weighted by Gasteiger charge is 2.22. The highest BCUT2D eigenvalue weighted by molar-refractivity contribution is 5.80. The van der Waals surface area contributed by atoms with Crippen molar-refractivity contribution in [2.24, 2.45) is 5.92 Å². The van der Waals surface area contributed by atoms with E-state index in [1.807, 2.05) is 35.8 Å². The van der Waals surface area contributed by atoms with Gasteiger partial charge in [0.15, 0.2) is 17.0 Å². The molecule has 5 rings (SSSR count). The molecular formula is C30H36N8O2. The van der Waals surface area contributed by atoms with Crippen molar-refractivity contribution in [2.75, 3.05) is 0 Å². The van der Waals surface area contributed by atoms with Gasteiger partial charge in [-0.05, 0) is 46.4 Å². The van der Waals surface area contributed by atoms with E-state index in [1.54, 1.807) is 4.57 Å². The number of H-pyrrole nitrogens is 1. The third-order valence-corrected chi connectivity index (χ3v) is 7.19. The third-order valence-electron chi connectivity index (χ3n) is 7.19. The molecule has 0 fully saturated rings. The van der Waals surface area contributed by atoms with Gasteiger partial charge < -0.3 is 4.57 Å². The predicted octanol–water partition coefficient (Wildman–Crippen LogP) is 4.66. The zero-order chi connectivity index (χ0) is 28.2. The van der Waals surface area contributed by atoms with E-state index >= 15 is 0 Å². The number of rotatable bonds is 11. The number of benzene rings is 2. The fourth-order valence-electron chi connectivity index (χ4n) is 5.23. The number of nitrogens with one attached hydrogen (secondary N) is 1. The number of fused-ring (bicyclic) bond motifs is 1. The number of hydrogen-bond acceptors (Lipinski definition) is 6. The summed E-state index contributed by atoms with van der Waals surface area (Å²) in [5.41, 5.74) is 4.45. The molecule has 5 aromatic rings. The van der Waals surface area contributed by atoms with E-state index in [1.165, 1.54) is 4.57 Å². The molecule has 0 saturated heterocycles. The molecule has 3 heterocycles. The molecule has 0 saturated carbocycles. The van der Waals surface area contributed by atoms with E-state index in [0.29, 0.717) is 36.6 Å². The summed E-state index contributed by atoms with van der Waals surface area (Å²) < 4.78 is 5.04. The second-order valence-corrected chi connectivity index (χ2v) is 10.6. The first-order chi connectivity index (χ1) is 19.4. The maximum absolute atomic E-state index is 13.6. The normalized spacial score (nSPS) is 11.6. The van der Waals surface area contributed by atoms with Crippen LogP contribution in [0.25, 0.3) is 33.7 Å². The minimum absolute atomic E-state index is 0.237. The highest BCUT2D eigenvalue weighted by atomic mass is 16.2. The van der Waals surface area contributed by atoms with Crippen LogP contribution in [-0.4, -0.2) is 39.3 Å². The molecule has 0 unspecified atom stereocenters. The van der Waals surface area contributed by atoms with Crippen LogP contribution in [0, 0.1) is 5.92 Å². The molecule has 0 aliphatic rings. The molecule has 0 aliphatic carbocycles. The van der Waals surface area contributed by atoms with Crippen LogP contribution < -0.4 is 11.2 Å². The van der Waals surface area contributed by atoms with Gasteiger partial charge in [0, 0.05) is 31.6 Å². The van der Waals surface area contributed by atoms with E-state index < -0.39 is 0 Å². The van der Waals surface area contributed by atoms with E-state index in [2.05, 4.69) is 65.7 Å². The van der Waals surface area contributed by atoms with Crippen LogP contribution in [0.1, 0.15) is 58.3 Å². The minimum atomic E-state index is -0.288. The molecule has 10 heteroatoms. The number of nitrogens with zero attached hydrogens (tertiary/aromatic N) is 7. The number of aromatic nitrogens is 8. The summed E-state index contributed by atoms with van der Waals surface area (Å²) >= 11 is 0. The average Bonchev–Trinajstić information content (AvgIpc) is 3.61. The van der Waals surface area contributed by atoms with Crippen molar-refractivity contribution in [1.29, 1.82) is 0 Å². The topological polar surface area (TPSA) is 116 Å². The van der Waals surface area contributed by atoms with Gasteiger partial charge in [-0.2, -0.15) is 0 Å². The number of unbranched alkanes of at least 4 members (excludes halogenated alkanes) is 2. The monoisotopic (exact) mass is 540 g/mol. The van der Waals surface area contributed by atoms with Crippen molar-refractivity contribution in [3.05, 3.63) is 80.8 Å². The lowest BCUT2D eigenvalue weighted by Crippen LogP contribution is -2.40. The lowest BCUT2D eigenvalue weighted by Gasteiger charge is -2.14. The quantitative estimate of drug-likeness (QED) is 0.244. The van der Waals surface area contributed by atoms with Crippen LogP contribution >= 0.6 is 0 Å². The van der Waals surface area contributed by atoms with Gasteiger partial charge in [0.05, 0.1) is 0 Å². The van der Waals surface area contributed by atoms with Crippen molar-refractivity contribution in [2.45, 2.75) is 73.0 Å². The largest absolute Gasteiger partial charge is 0.332 e. The van der Waals surface area contributed by atoms with Gasteiger partial charge in [-0.15, -0.1) is 5.10 Å². The Bertz CT molecular complexity index is 1710. The first kappa shape index (κ1) is 27.2. The highest BCUT2D eigenvalue weighted by Crippen LogP contribution is 2.30. The molecule has 0 atom stereocenters. The summed E-state index contributed by atoms with van der Waals surface area (Å²) in [7, 11) is 0. The van der Waals surface area contributed by atoms with Crippen LogP contribution in [0.3, 0.4) is 0 Å². The SMILES string of the molecule is CCCCCc1nc2c(c(=O)n(CC)c(=O)n2CC(C)C)n1Cc1ccc(-c2ccccc2-c2nnn[nH]2)cc1. The van der Waals surface area contributed by atoms with Crippen LogP contribution in [0.2, 0.25) is 0 Å². The van der Waals surface area contributed by atoms with E-state index in [-0.39, 0.29) is 17.2 Å². The first-order valence-electron chi connectivity index (χ1n) is 14.1. The summed E-state index contributed by atoms with van der Waals surface area (Å²) in [6.07, 6.45) is 3.90. The Kier molecular flexibility index (Phi) is 8.04. The summed E-state index contributed by atoms with van der Waals surface area (Å²) in [5.74, 6) is 1.69. The smallest absolute Gasteiger partial charge is 0.318 e. The van der Waals surface area contributed by atoms with Crippen molar-refractivity contribution >= 4 is 11.2 Å². The number of hydrogen-bond donors (Lipinski definition) is 1. The van der Waals surface area contributed by atoms with Crippen molar-refractivity contribution in [3.8, 4) is 22.5 Å². The summed E-state index contributed by atoms with van der Waals surface area (Å²) in [4.78, 5) is 31.8. The Balaban J connectivity index is 1.58. The second-order valence-electron chi connectivity index (χ2n) is 10.6. The maximum atomic E-state index is 13.6. The molecule has 10 nitrogen and oxygen atoms in total. The predicted molar refractivity (Wildman–Crippen MR) is 156 cm³/mol. The zero-order valence-electron chi connectivity index (χ0n) is 23.6. The first-order valence-corrected chi connectivity index (χ1v) is 14.1. The molecule has 0 radical (unpaired) electrons. The fourth-order valence-corrected chi connectivity index (χ4v) is 5.23. The second kappa shape index (κ2) is 11.8. The number of aryl methyl sites for hydroxylation is 1. The fraction of sp³-hybridized carbons (Fsp3) is 0.400. The standard InChI is InChI=1S/C30H36N8O2/c1-5-7-8-13-25-31-28-26(29(39)36(6-2)30(40)38(28)18-20(3)4)37(25)19-21-14-16-22(17-15-21)23-11-9-10-12-24(23)27-32-34-35-33-27/h9-12,14-17,20H,5-8,13,18-19H2,1-4H3,(H,32,33,34,35). The van der Waals surface area contributed by atoms with E-state index in [4.69, 9.17) is 4.98 Å². The average molecular weight is 541 g/mol. The van der Waals surface area contributed by atoms with Gasteiger partial charge in [-0.1, -0.05) is 82.1 Å². The molecule has 0 amide bonds. The van der Waals surface area contributed by atoms with Gasteiger partial charge in [-0.3, -0.25) is 13.9 Å². The van der Waals surface area contributed by atoms with Crippen molar-refractivity contribution in [1.82, 2.24) is 39.3 Å². The van der Waals surface area contributed by atoms with Crippen LogP contribution in [-0.2, 0) is 26.1 Å². The Hall–Kier alpha value is -4.34. The Morgan fingerprint density at radius 1 is 0.900 bits per heavy atom. The molecule has 2 aromatic carbocycles. The summed E-state index contributed by atoms with van der Waals surface area (Å²) in [6.45, 7) is 9.46. The van der Waals surface area contributed by atoms with Crippen molar-refractivity contribution in [3.63, 3.8) is 0 Å². The number of tetrazole rings is 1. The minimum Gasteiger partial charge on any atom is -0.318 e. The van der Waals surface area contributed by atoms with Crippen LogP contribution in [0.5, 0.6) is 0 Å². The Morgan fingerprint density at radius 2 is 1.65 bits per heavy atom. The van der Waals surface area contributed by atoms with Gasteiger partial charge in [0.1, 0.15) is 5.82 Å². The van der Waals surface area contributed by atoms with E-state index in [9.17, 15) is 9.59 Å². The van der Waals surface area contributed by atoms with E-state index in [0.717, 1.165) is 53.8 Å². The lowest BCUT2D eigenvalue weighted by molar-refractivity contribution is 0.491. The van der Waals surface area contributed by atoms with Gasteiger partial charge in [0.2, 0.25) is 0 Å². The molecule has 208 valence electrons. The van der Waals surface area contributed by atoms with Gasteiger partial charge in [0.25, 0.3) is 5.56 Å². The molecule has 0 aliphatic heterocycles. The van der Waals surface area contributed by atoms with Crippen molar-refractivity contribution < 1.29 is 0 Å². The maximum Gasteiger partial charge on any atom is 0.332 e. The summed E-state index contributed by atoms with van der Waals surface area (Å²) in [5, 5.41) is 14.4. The van der Waals surface area contributed by atoms with Gasteiger partial charge >= 0.3 is 5.69 Å². The Labute approximate surface area is 232 Å². The number of imidazole rings is 1. The third kappa shape index (κ3) is 5.25. The molecule has 3 aromatic heterocycles. The molecule has 0 spiro atoms. The van der Waals surface area contributed by atoms with Crippen LogP contribution in [0.15, 0.2) is 58.1 Å². The number of aromatic amines is 1. The van der Waals surface area contributed by atoms with Gasteiger partial charge in [-0.25, -0.2) is 14.9 Å². The zero-order valence-corrected chi connectivity index (χ0v) is 23.6. The van der Waals surface area contributed by atoms with Crippen LogP contribution in [0.4, 0.5) is 0 Å². The Morgan fingerprint density at radius 3 is 2.30 bits per heavy atom. The lowest BCUT2D eigenvalue weighted by atomic mass is 9.98. The summed E-state index contributed by atoms with van der Waals surface area (Å²) in [6, 6.07) is 16.3.